The van der Waals surface area contributed by atoms with Crippen LogP contribution in [0.25, 0.3) is 0 Å². The summed E-state index contributed by atoms with van der Waals surface area (Å²) in [5, 5.41) is 0. The van der Waals surface area contributed by atoms with Crippen LogP contribution < -0.4 is 0 Å². The Labute approximate surface area is 489 Å². The van der Waals surface area contributed by atoms with Gasteiger partial charge >= 0.3 is 17.9 Å². The Morgan fingerprint density at radius 2 is 0.494 bits per heavy atom. The summed E-state index contributed by atoms with van der Waals surface area (Å²) in [6, 6.07) is 0. The summed E-state index contributed by atoms with van der Waals surface area (Å²) in [6.07, 6.45) is 90.0. The molecule has 6 nitrogen and oxygen atoms in total. The van der Waals surface area contributed by atoms with Crippen LogP contribution in [0.3, 0.4) is 0 Å². The van der Waals surface area contributed by atoms with E-state index in [4.69, 9.17) is 14.2 Å². The fourth-order valence-electron chi connectivity index (χ4n) is 9.58. The van der Waals surface area contributed by atoms with Gasteiger partial charge in [0.15, 0.2) is 6.10 Å². The summed E-state index contributed by atoms with van der Waals surface area (Å²) >= 11 is 0. The number of allylic oxidation sites excluding steroid dienone is 16. The predicted octanol–water partition coefficient (Wildman–Crippen LogP) is 23.2. The molecular weight excluding hydrogens is 973 g/mol. The van der Waals surface area contributed by atoms with E-state index in [1.807, 2.05) is 0 Å². The van der Waals surface area contributed by atoms with E-state index in [0.29, 0.717) is 19.3 Å². The lowest BCUT2D eigenvalue weighted by Gasteiger charge is -2.18. The van der Waals surface area contributed by atoms with Crippen LogP contribution in [-0.2, 0) is 28.6 Å². The molecule has 0 aliphatic carbocycles. The number of carbonyl (C=O) groups excluding carboxylic acids is 3. The molecule has 0 amide bonds. The van der Waals surface area contributed by atoms with Gasteiger partial charge in [0.1, 0.15) is 13.2 Å². The van der Waals surface area contributed by atoms with Gasteiger partial charge in [0, 0.05) is 19.3 Å². The van der Waals surface area contributed by atoms with Gasteiger partial charge in [0.2, 0.25) is 0 Å². The van der Waals surface area contributed by atoms with Crippen molar-refractivity contribution in [2.75, 3.05) is 13.2 Å². The molecule has 79 heavy (non-hydrogen) atoms. The van der Waals surface area contributed by atoms with Crippen LogP contribution in [0.15, 0.2) is 97.2 Å². The Morgan fingerprint density at radius 3 is 0.772 bits per heavy atom. The van der Waals surface area contributed by atoms with E-state index in [2.05, 4.69) is 118 Å². The van der Waals surface area contributed by atoms with Crippen molar-refractivity contribution in [3.8, 4) is 0 Å². The maximum absolute atomic E-state index is 12.9. The SMILES string of the molecule is CC/C=C\C/C=C\C/C=C\C/C=C\C/C=C\C/C=C\C/C=C\C/C=C\CCCCCCCCCCCCC(=O)OCC(COC(=O)CCCCCCCCCCCCCCC)OC(=O)CCCCCCCCCCCCCCC. The molecule has 0 fully saturated rings. The van der Waals surface area contributed by atoms with Gasteiger partial charge < -0.3 is 14.2 Å². The number of hydrogen-bond acceptors (Lipinski definition) is 6. The van der Waals surface area contributed by atoms with Crippen LogP contribution in [0.5, 0.6) is 0 Å². The zero-order chi connectivity index (χ0) is 57.1. The molecule has 0 N–H and O–H groups in total. The summed E-state index contributed by atoms with van der Waals surface area (Å²) in [5.74, 6) is -0.862. The number of rotatable bonds is 61. The van der Waals surface area contributed by atoms with E-state index in [-0.39, 0.29) is 31.1 Å². The molecule has 0 aromatic carbocycles. The Morgan fingerprint density at radius 1 is 0.266 bits per heavy atom. The lowest BCUT2D eigenvalue weighted by Crippen LogP contribution is -2.30. The summed E-state index contributed by atoms with van der Waals surface area (Å²) in [5.41, 5.74) is 0. The first kappa shape index (κ1) is 75.3. The van der Waals surface area contributed by atoms with Crippen LogP contribution >= 0.6 is 0 Å². The average Bonchev–Trinajstić information content (AvgIpc) is 3.45. The largest absolute Gasteiger partial charge is 0.462 e. The smallest absolute Gasteiger partial charge is 0.306 e. The molecular formula is C73H126O6. The molecule has 0 aromatic heterocycles. The molecule has 0 heterocycles. The standard InChI is InChI=1S/C73H126O6/c1-4-7-10-13-16-19-22-25-26-27-28-29-30-31-32-33-34-35-36-37-38-39-40-41-42-43-44-45-46-49-51-54-57-60-63-66-72(75)78-69-70(79-73(76)67-64-61-58-55-52-48-24-21-18-15-12-9-6-3)68-77-71(74)65-62-59-56-53-50-47-23-20-17-14-11-8-5-2/h7,10,16,19,25-26,28-29,31-32,34-35,37-38,40-41,70H,4-6,8-9,11-15,17-18,20-24,27,30,33,36,39,42-69H2,1-3H3/b10-7-,19-16-,26-25-,29-28-,32-31-,35-34-,38-37-,41-40-. The number of carbonyl (C=O) groups is 3. The molecule has 0 saturated carbocycles. The highest BCUT2D eigenvalue weighted by molar-refractivity contribution is 5.71. The van der Waals surface area contributed by atoms with Crippen molar-refractivity contribution in [1.82, 2.24) is 0 Å². The molecule has 0 aliphatic rings. The number of esters is 3. The van der Waals surface area contributed by atoms with Crippen molar-refractivity contribution < 1.29 is 28.6 Å². The fraction of sp³-hybridized carbons (Fsp3) is 0.740. The molecule has 1 unspecified atom stereocenters. The van der Waals surface area contributed by atoms with Crippen molar-refractivity contribution in [3.05, 3.63) is 97.2 Å². The van der Waals surface area contributed by atoms with Crippen molar-refractivity contribution in [2.24, 2.45) is 0 Å². The van der Waals surface area contributed by atoms with Crippen LogP contribution in [0.4, 0.5) is 0 Å². The highest BCUT2D eigenvalue weighted by Gasteiger charge is 2.19. The van der Waals surface area contributed by atoms with Gasteiger partial charge in [0.25, 0.3) is 0 Å². The monoisotopic (exact) mass is 1100 g/mol. The maximum Gasteiger partial charge on any atom is 0.306 e. The zero-order valence-corrected chi connectivity index (χ0v) is 52.1. The molecule has 0 saturated heterocycles. The highest BCUT2D eigenvalue weighted by atomic mass is 16.6. The second-order valence-electron chi connectivity index (χ2n) is 22.4. The van der Waals surface area contributed by atoms with E-state index in [0.717, 1.165) is 109 Å². The van der Waals surface area contributed by atoms with E-state index in [1.54, 1.807) is 0 Å². The maximum atomic E-state index is 12.9. The van der Waals surface area contributed by atoms with Gasteiger partial charge in [0.05, 0.1) is 0 Å². The molecule has 0 aromatic rings. The van der Waals surface area contributed by atoms with Crippen LogP contribution in [0.1, 0.15) is 329 Å². The van der Waals surface area contributed by atoms with Crippen molar-refractivity contribution >= 4 is 17.9 Å². The molecule has 0 bridgehead atoms. The first-order valence-corrected chi connectivity index (χ1v) is 33.7. The minimum atomic E-state index is -0.775. The van der Waals surface area contributed by atoms with Gasteiger partial charge in [-0.1, -0.05) is 323 Å². The average molecular weight is 1100 g/mol. The summed E-state index contributed by atoms with van der Waals surface area (Å²) in [7, 11) is 0. The van der Waals surface area contributed by atoms with Crippen molar-refractivity contribution in [2.45, 2.75) is 335 Å². The van der Waals surface area contributed by atoms with Gasteiger partial charge in [-0.3, -0.25) is 14.4 Å². The first-order chi connectivity index (χ1) is 39.0. The number of ether oxygens (including phenoxy) is 3. The van der Waals surface area contributed by atoms with E-state index in [1.165, 1.54) is 180 Å². The van der Waals surface area contributed by atoms with E-state index in [9.17, 15) is 14.4 Å². The zero-order valence-electron chi connectivity index (χ0n) is 52.1. The predicted molar refractivity (Wildman–Crippen MR) is 344 cm³/mol. The normalized spacial score (nSPS) is 12.7. The third-order valence-corrected chi connectivity index (χ3v) is 14.6. The van der Waals surface area contributed by atoms with Gasteiger partial charge in [-0.15, -0.1) is 0 Å². The Hall–Kier alpha value is -3.67. The number of unbranched alkanes of at least 4 members (excludes halogenated alkanes) is 34. The van der Waals surface area contributed by atoms with Gasteiger partial charge in [-0.2, -0.15) is 0 Å². The minimum absolute atomic E-state index is 0.0723. The third kappa shape index (κ3) is 65.0. The number of hydrogen-bond donors (Lipinski definition) is 0. The van der Waals surface area contributed by atoms with Crippen LogP contribution in [-0.4, -0.2) is 37.2 Å². The lowest BCUT2D eigenvalue weighted by atomic mass is 10.0. The topological polar surface area (TPSA) is 78.9 Å². The van der Waals surface area contributed by atoms with Crippen molar-refractivity contribution in [1.29, 1.82) is 0 Å². The second-order valence-corrected chi connectivity index (χ2v) is 22.4. The summed E-state index contributed by atoms with van der Waals surface area (Å²) in [6.45, 7) is 6.55. The molecule has 1 atom stereocenters. The third-order valence-electron chi connectivity index (χ3n) is 14.6. The Balaban J connectivity index is 4.17. The summed E-state index contributed by atoms with van der Waals surface area (Å²) in [4.78, 5) is 38.3. The lowest BCUT2D eigenvalue weighted by molar-refractivity contribution is -0.167. The molecule has 0 rings (SSSR count). The Bertz CT molecular complexity index is 1540. The van der Waals surface area contributed by atoms with Gasteiger partial charge in [-0.25, -0.2) is 0 Å². The second kappa shape index (κ2) is 66.8. The first-order valence-electron chi connectivity index (χ1n) is 33.7. The fourth-order valence-corrected chi connectivity index (χ4v) is 9.58. The minimum Gasteiger partial charge on any atom is -0.462 e. The van der Waals surface area contributed by atoms with Crippen LogP contribution in [0.2, 0.25) is 0 Å². The van der Waals surface area contributed by atoms with E-state index < -0.39 is 6.10 Å². The molecule has 454 valence electrons. The molecule has 0 radical (unpaired) electrons. The van der Waals surface area contributed by atoms with Gasteiger partial charge in [-0.05, 0) is 83.5 Å². The van der Waals surface area contributed by atoms with Crippen LogP contribution in [0, 0.1) is 0 Å². The van der Waals surface area contributed by atoms with E-state index >= 15 is 0 Å². The quantitative estimate of drug-likeness (QED) is 0.0261. The highest BCUT2D eigenvalue weighted by Crippen LogP contribution is 2.17. The molecule has 6 heteroatoms. The Kier molecular flexibility index (Phi) is 63.7. The summed E-state index contributed by atoms with van der Waals surface area (Å²) < 4.78 is 16.9. The van der Waals surface area contributed by atoms with Crippen molar-refractivity contribution in [3.63, 3.8) is 0 Å². The molecule has 0 spiro atoms. The molecule has 0 aliphatic heterocycles.